The summed E-state index contributed by atoms with van der Waals surface area (Å²) in [7, 11) is 0. The van der Waals surface area contributed by atoms with E-state index in [0.717, 1.165) is 31.1 Å². The van der Waals surface area contributed by atoms with Gasteiger partial charge in [0.1, 0.15) is 5.84 Å². The van der Waals surface area contributed by atoms with Gasteiger partial charge < -0.3 is 15.8 Å². The molecule has 0 amide bonds. The number of amidine groups is 1. The molecule has 4 nitrogen and oxygen atoms in total. The first-order valence-corrected chi connectivity index (χ1v) is 7.49. The Morgan fingerprint density at radius 3 is 2.85 bits per heavy atom. The average molecular weight is 275 g/mol. The number of rotatable bonds is 5. The van der Waals surface area contributed by atoms with Crippen LogP contribution in [0.5, 0.6) is 0 Å². The summed E-state index contributed by atoms with van der Waals surface area (Å²) in [6, 6.07) is 10.1. The average Bonchev–Trinajstić information content (AvgIpc) is 2.53. The van der Waals surface area contributed by atoms with Crippen LogP contribution in [0, 0.1) is 5.92 Å². The molecule has 1 aromatic carbocycles. The first kappa shape index (κ1) is 14.9. The molecule has 3 N–H and O–H groups in total. The van der Waals surface area contributed by atoms with Gasteiger partial charge in [-0.25, -0.2) is 0 Å². The zero-order chi connectivity index (χ0) is 14.4. The van der Waals surface area contributed by atoms with Crippen molar-refractivity contribution >= 4 is 5.84 Å². The molecule has 2 atom stereocenters. The molecule has 2 rings (SSSR count). The molecular formula is C16H25N3O. The molecule has 0 radical (unpaired) electrons. The van der Waals surface area contributed by atoms with Crippen LogP contribution in [-0.4, -0.2) is 35.6 Å². The highest BCUT2D eigenvalue weighted by Gasteiger charge is 2.24. The lowest BCUT2D eigenvalue weighted by atomic mass is 9.92. The van der Waals surface area contributed by atoms with Crippen molar-refractivity contribution in [1.29, 1.82) is 0 Å². The van der Waals surface area contributed by atoms with E-state index in [4.69, 9.17) is 10.9 Å². The van der Waals surface area contributed by atoms with Crippen molar-refractivity contribution < 1.29 is 5.21 Å². The lowest BCUT2D eigenvalue weighted by molar-refractivity contribution is 0.169. The Morgan fingerprint density at radius 1 is 1.45 bits per heavy atom. The summed E-state index contributed by atoms with van der Waals surface area (Å²) in [5, 5.41) is 12.3. The highest BCUT2D eigenvalue weighted by molar-refractivity contribution is 5.87. The van der Waals surface area contributed by atoms with Crippen LogP contribution >= 0.6 is 0 Å². The zero-order valence-corrected chi connectivity index (χ0v) is 12.2. The van der Waals surface area contributed by atoms with Crippen LogP contribution in [0.2, 0.25) is 0 Å². The van der Waals surface area contributed by atoms with Crippen LogP contribution in [0.1, 0.15) is 37.7 Å². The third kappa shape index (κ3) is 3.73. The van der Waals surface area contributed by atoms with Crippen molar-refractivity contribution in [2.24, 2.45) is 16.8 Å². The maximum atomic E-state index is 9.04. The van der Waals surface area contributed by atoms with Crippen molar-refractivity contribution in [1.82, 2.24) is 4.90 Å². The SMILES string of the molecule is CCC1CCCN(CC(C(N)=NO)c2ccccc2)C1. The van der Waals surface area contributed by atoms with E-state index >= 15 is 0 Å². The van der Waals surface area contributed by atoms with Gasteiger partial charge in [0, 0.05) is 13.1 Å². The first-order valence-electron chi connectivity index (χ1n) is 7.49. The summed E-state index contributed by atoms with van der Waals surface area (Å²) < 4.78 is 0. The van der Waals surface area contributed by atoms with Gasteiger partial charge in [0.05, 0.1) is 5.92 Å². The van der Waals surface area contributed by atoms with Gasteiger partial charge in [-0.1, -0.05) is 48.8 Å². The van der Waals surface area contributed by atoms with Gasteiger partial charge in [-0.05, 0) is 30.9 Å². The molecular weight excluding hydrogens is 250 g/mol. The Labute approximate surface area is 121 Å². The molecule has 20 heavy (non-hydrogen) atoms. The van der Waals surface area contributed by atoms with E-state index in [9.17, 15) is 0 Å². The van der Waals surface area contributed by atoms with Crippen molar-refractivity contribution in [3.63, 3.8) is 0 Å². The maximum absolute atomic E-state index is 9.04. The zero-order valence-electron chi connectivity index (χ0n) is 12.2. The molecule has 1 heterocycles. The lowest BCUT2D eigenvalue weighted by Crippen LogP contribution is -2.40. The molecule has 4 heteroatoms. The Kier molecular flexibility index (Phi) is 5.41. The molecule has 1 aromatic rings. The number of benzene rings is 1. The molecule has 0 saturated carbocycles. The number of nitrogens with zero attached hydrogens (tertiary/aromatic N) is 2. The predicted octanol–water partition coefficient (Wildman–Crippen LogP) is 2.64. The minimum Gasteiger partial charge on any atom is -0.409 e. The fourth-order valence-electron chi connectivity index (χ4n) is 3.03. The Bertz CT molecular complexity index is 433. The number of likely N-dealkylation sites (tertiary alicyclic amines) is 1. The second-order valence-corrected chi connectivity index (χ2v) is 5.66. The van der Waals surface area contributed by atoms with Crippen LogP contribution in [0.3, 0.4) is 0 Å². The van der Waals surface area contributed by atoms with E-state index < -0.39 is 0 Å². The van der Waals surface area contributed by atoms with Crippen molar-refractivity contribution in [2.45, 2.75) is 32.1 Å². The molecule has 1 aliphatic heterocycles. The molecule has 110 valence electrons. The van der Waals surface area contributed by atoms with Crippen LogP contribution in [-0.2, 0) is 0 Å². The normalized spacial score (nSPS) is 22.6. The summed E-state index contributed by atoms with van der Waals surface area (Å²) >= 11 is 0. The summed E-state index contributed by atoms with van der Waals surface area (Å²) in [6.07, 6.45) is 3.80. The third-order valence-electron chi connectivity index (χ3n) is 4.30. The standard InChI is InChI=1S/C16H25N3O/c1-2-13-7-6-10-19(11-13)12-15(16(17)18-20)14-8-4-3-5-9-14/h3-5,8-9,13,15,20H,2,6-7,10-12H2,1H3,(H2,17,18). The van der Waals surface area contributed by atoms with E-state index in [-0.39, 0.29) is 5.92 Å². The van der Waals surface area contributed by atoms with E-state index in [1.165, 1.54) is 19.3 Å². The minimum absolute atomic E-state index is 0.0307. The predicted molar refractivity (Wildman–Crippen MR) is 82.0 cm³/mol. The van der Waals surface area contributed by atoms with Gasteiger partial charge in [-0.15, -0.1) is 0 Å². The van der Waals surface area contributed by atoms with Gasteiger partial charge in [0.15, 0.2) is 0 Å². The Morgan fingerprint density at radius 2 is 2.20 bits per heavy atom. The maximum Gasteiger partial charge on any atom is 0.147 e. The highest BCUT2D eigenvalue weighted by Crippen LogP contribution is 2.23. The van der Waals surface area contributed by atoms with Crippen LogP contribution in [0.15, 0.2) is 35.5 Å². The van der Waals surface area contributed by atoms with Crippen LogP contribution in [0.4, 0.5) is 0 Å². The molecule has 0 aromatic heterocycles. The van der Waals surface area contributed by atoms with E-state index in [0.29, 0.717) is 5.84 Å². The number of oxime groups is 1. The molecule has 2 unspecified atom stereocenters. The number of hydrogen-bond acceptors (Lipinski definition) is 3. The Hall–Kier alpha value is -1.55. The fraction of sp³-hybridized carbons (Fsp3) is 0.562. The molecule has 1 aliphatic rings. The smallest absolute Gasteiger partial charge is 0.147 e. The lowest BCUT2D eigenvalue weighted by Gasteiger charge is -2.34. The largest absolute Gasteiger partial charge is 0.409 e. The van der Waals surface area contributed by atoms with Gasteiger partial charge in [-0.2, -0.15) is 0 Å². The van der Waals surface area contributed by atoms with Gasteiger partial charge in [0.25, 0.3) is 0 Å². The molecule has 0 spiro atoms. The van der Waals surface area contributed by atoms with Crippen LogP contribution < -0.4 is 5.73 Å². The molecule has 1 fully saturated rings. The second-order valence-electron chi connectivity index (χ2n) is 5.66. The highest BCUT2D eigenvalue weighted by atomic mass is 16.4. The van der Waals surface area contributed by atoms with Crippen molar-refractivity contribution in [3.05, 3.63) is 35.9 Å². The van der Waals surface area contributed by atoms with Crippen LogP contribution in [0.25, 0.3) is 0 Å². The summed E-state index contributed by atoms with van der Waals surface area (Å²) in [4.78, 5) is 2.45. The van der Waals surface area contributed by atoms with Gasteiger partial charge in [0.2, 0.25) is 0 Å². The van der Waals surface area contributed by atoms with E-state index in [1.807, 2.05) is 30.3 Å². The van der Waals surface area contributed by atoms with E-state index in [2.05, 4.69) is 17.0 Å². The second kappa shape index (κ2) is 7.29. The quantitative estimate of drug-likeness (QED) is 0.376. The summed E-state index contributed by atoms with van der Waals surface area (Å²) in [5.41, 5.74) is 7.02. The van der Waals surface area contributed by atoms with Crippen molar-refractivity contribution in [3.8, 4) is 0 Å². The minimum atomic E-state index is -0.0307. The summed E-state index contributed by atoms with van der Waals surface area (Å²) in [6.45, 7) is 5.32. The van der Waals surface area contributed by atoms with Crippen molar-refractivity contribution in [2.75, 3.05) is 19.6 Å². The topological polar surface area (TPSA) is 61.8 Å². The monoisotopic (exact) mass is 275 g/mol. The number of piperidine rings is 1. The molecule has 1 saturated heterocycles. The molecule has 0 bridgehead atoms. The van der Waals surface area contributed by atoms with Gasteiger partial charge in [-0.3, -0.25) is 0 Å². The number of hydrogen-bond donors (Lipinski definition) is 2. The fourth-order valence-corrected chi connectivity index (χ4v) is 3.03. The van der Waals surface area contributed by atoms with Gasteiger partial charge >= 0.3 is 0 Å². The third-order valence-corrected chi connectivity index (χ3v) is 4.30. The Balaban J connectivity index is 2.09. The summed E-state index contributed by atoms with van der Waals surface area (Å²) in [5.74, 6) is 1.05. The number of nitrogens with two attached hydrogens (primary N) is 1. The molecule has 0 aliphatic carbocycles. The van der Waals surface area contributed by atoms with E-state index in [1.54, 1.807) is 0 Å². The first-order chi connectivity index (χ1) is 9.74.